The maximum absolute atomic E-state index is 12.8. The maximum Gasteiger partial charge on any atom is 0.246 e. The molecule has 112 valence electrons. The van der Waals surface area contributed by atoms with E-state index in [-0.39, 0.29) is 21.0 Å². The van der Waals surface area contributed by atoms with E-state index in [2.05, 4.69) is 21.2 Å². The Hall–Kier alpha value is 0.150. The molecule has 8 heteroatoms. The maximum atomic E-state index is 12.8. The van der Waals surface area contributed by atoms with E-state index < -0.39 is 10.0 Å². The third kappa shape index (κ3) is 3.15. The van der Waals surface area contributed by atoms with Gasteiger partial charge in [0, 0.05) is 23.6 Å². The van der Waals surface area contributed by atoms with Crippen LogP contribution in [0.3, 0.4) is 0 Å². The van der Waals surface area contributed by atoms with Crippen LogP contribution in [0.15, 0.2) is 21.5 Å². The first-order chi connectivity index (χ1) is 9.37. The third-order valence-corrected chi connectivity index (χ3v) is 6.62. The van der Waals surface area contributed by atoms with E-state index in [0.717, 1.165) is 12.8 Å². The minimum atomic E-state index is -3.68. The van der Waals surface area contributed by atoms with Gasteiger partial charge in [0.15, 0.2) is 0 Å². The molecular formula is C12H15BrCl2N2O2S. The molecule has 1 aliphatic heterocycles. The Balaban J connectivity index is 2.45. The number of rotatable bonds is 4. The van der Waals surface area contributed by atoms with Crippen molar-refractivity contribution in [1.29, 1.82) is 0 Å². The summed E-state index contributed by atoms with van der Waals surface area (Å²) in [6, 6.07) is 3.04. The largest absolute Gasteiger partial charge is 0.318 e. The highest BCUT2D eigenvalue weighted by molar-refractivity contribution is 9.10. The molecule has 0 spiro atoms. The van der Waals surface area contributed by atoms with Crippen molar-refractivity contribution in [1.82, 2.24) is 9.62 Å². The minimum absolute atomic E-state index is 0.00737. The van der Waals surface area contributed by atoms with Gasteiger partial charge in [0.2, 0.25) is 10.0 Å². The van der Waals surface area contributed by atoms with E-state index in [0.29, 0.717) is 17.6 Å². The Kier molecular flexibility index (Phi) is 5.37. The number of hydrogen-bond acceptors (Lipinski definition) is 3. The lowest BCUT2D eigenvalue weighted by atomic mass is 10.2. The average molecular weight is 402 g/mol. The van der Waals surface area contributed by atoms with Crippen molar-refractivity contribution in [2.45, 2.75) is 23.8 Å². The number of likely N-dealkylation sites (N-methyl/N-ethyl adjacent to an activating group) is 1. The lowest BCUT2D eigenvalue weighted by molar-refractivity contribution is 0.379. The van der Waals surface area contributed by atoms with Crippen LogP contribution in [0.25, 0.3) is 0 Å². The number of nitrogens with one attached hydrogen (secondary N) is 1. The molecule has 1 aromatic rings. The van der Waals surface area contributed by atoms with Crippen molar-refractivity contribution in [2.75, 3.05) is 20.1 Å². The Morgan fingerprint density at radius 3 is 2.55 bits per heavy atom. The zero-order chi connectivity index (χ0) is 14.9. The van der Waals surface area contributed by atoms with Gasteiger partial charge in [-0.2, -0.15) is 4.31 Å². The molecular weight excluding hydrogens is 387 g/mol. The summed E-state index contributed by atoms with van der Waals surface area (Å²) in [5, 5.41) is 3.30. The molecule has 1 aliphatic rings. The molecule has 0 aliphatic carbocycles. The van der Waals surface area contributed by atoms with Gasteiger partial charge in [-0.3, -0.25) is 0 Å². The van der Waals surface area contributed by atoms with Gasteiger partial charge >= 0.3 is 0 Å². The first-order valence-electron chi connectivity index (χ1n) is 6.19. The fourth-order valence-electron chi connectivity index (χ4n) is 2.46. The Morgan fingerprint density at radius 1 is 1.40 bits per heavy atom. The third-order valence-electron chi connectivity index (χ3n) is 3.29. The van der Waals surface area contributed by atoms with Gasteiger partial charge < -0.3 is 5.32 Å². The van der Waals surface area contributed by atoms with Crippen molar-refractivity contribution in [3.63, 3.8) is 0 Å². The van der Waals surface area contributed by atoms with Crippen LogP contribution in [0, 0.1) is 0 Å². The molecule has 20 heavy (non-hydrogen) atoms. The molecule has 1 atom stereocenters. The van der Waals surface area contributed by atoms with E-state index in [1.165, 1.54) is 4.31 Å². The quantitative estimate of drug-likeness (QED) is 0.842. The zero-order valence-corrected chi connectivity index (χ0v) is 14.8. The highest BCUT2D eigenvalue weighted by Crippen LogP contribution is 2.36. The highest BCUT2D eigenvalue weighted by Gasteiger charge is 2.37. The Bertz CT molecular complexity index is 586. The number of nitrogens with zero attached hydrogens (tertiary/aromatic N) is 1. The van der Waals surface area contributed by atoms with Crippen molar-refractivity contribution in [2.24, 2.45) is 0 Å². The summed E-state index contributed by atoms with van der Waals surface area (Å²) in [4.78, 5) is -0.00737. The second-order valence-corrected chi connectivity index (χ2v) is 8.23. The average Bonchev–Trinajstić information content (AvgIpc) is 2.76. The molecule has 0 saturated carbocycles. The van der Waals surface area contributed by atoms with Crippen LogP contribution in [-0.4, -0.2) is 38.9 Å². The van der Waals surface area contributed by atoms with E-state index in [4.69, 9.17) is 23.2 Å². The predicted octanol–water partition coefficient (Wildman–Crippen LogP) is 3.13. The molecule has 1 N–H and O–H groups in total. The molecule has 2 rings (SSSR count). The van der Waals surface area contributed by atoms with Crippen molar-refractivity contribution < 1.29 is 8.42 Å². The Morgan fingerprint density at radius 2 is 2.00 bits per heavy atom. The van der Waals surface area contributed by atoms with Gasteiger partial charge in [0.1, 0.15) is 4.90 Å². The van der Waals surface area contributed by atoms with Crippen LogP contribution in [-0.2, 0) is 10.0 Å². The van der Waals surface area contributed by atoms with Gasteiger partial charge in [0.05, 0.1) is 10.0 Å². The van der Waals surface area contributed by atoms with Gasteiger partial charge in [-0.15, -0.1) is 0 Å². The van der Waals surface area contributed by atoms with E-state index in [1.54, 1.807) is 12.1 Å². The summed E-state index contributed by atoms with van der Waals surface area (Å²) >= 11 is 15.4. The summed E-state index contributed by atoms with van der Waals surface area (Å²) < 4.78 is 27.7. The molecule has 0 bridgehead atoms. The van der Waals surface area contributed by atoms with Gasteiger partial charge in [0.25, 0.3) is 0 Å². The van der Waals surface area contributed by atoms with Crippen molar-refractivity contribution in [3.8, 4) is 0 Å². The highest BCUT2D eigenvalue weighted by atomic mass is 79.9. The summed E-state index contributed by atoms with van der Waals surface area (Å²) in [6.07, 6.45) is 1.68. The topological polar surface area (TPSA) is 49.4 Å². The monoisotopic (exact) mass is 400 g/mol. The van der Waals surface area contributed by atoms with Crippen LogP contribution in [0.4, 0.5) is 0 Å². The van der Waals surface area contributed by atoms with Gasteiger partial charge in [-0.25, -0.2) is 8.42 Å². The summed E-state index contributed by atoms with van der Waals surface area (Å²) in [7, 11) is -1.87. The van der Waals surface area contributed by atoms with Gasteiger partial charge in [-0.05, 0) is 32.0 Å². The normalized spacial score (nSPS) is 20.5. The molecule has 0 aromatic heterocycles. The van der Waals surface area contributed by atoms with Crippen LogP contribution < -0.4 is 5.32 Å². The van der Waals surface area contributed by atoms with Gasteiger partial charge in [-0.1, -0.05) is 39.1 Å². The summed E-state index contributed by atoms with van der Waals surface area (Å²) in [6.45, 7) is 1.11. The number of sulfonamides is 1. The fourth-order valence-corrected chi connectivity index (χ4v) is 6.04. The SMILES string of the molecule is CNCC1CCCN1S(=O)(=O)c1c(Cl)cc(Br)cc1Cl. The molecule has 1 fully saturated rings. The number of benzene rings is 1. The van der Waals surface area contributed by atoms with E-state index in [9.17, 15) is 8.42 Å². The molecule has 4 nitrogen and oxygen atoms in total. The van der Waals surface area contributed by atoms with Crippen LogP contribution in [0.2, 0.25) is 10.0 Å². The molecule has 1 heterocycles. The number of halogens is 3. The van der Waals surface area contributed by atoms with Crippen LogP contribution in [0.5, 0.6) is 0 Å². The minimum Gasteiger partial charge on any atom is -0.318 e. The smallest absolute Gasteiger partial charge is 0.246 e. The van der Waals surface area contributed by atoms with E-state index in [1.807, 2.05) is 7.05 Å². The predicted molar refractivity (Wildman–Crippen MR) is 85.0 cm³/mol. The summed E-state index contributed by atoms with van der Waals surface area (Å²) in [5.41, 5.74) is 0. The molecule has 0 amide bonds. The van der Waals surface area contributed by atoms with Crippen molar-refractivity contribution in [3.05, 3.63) is 26.7 Å². The first-order valence-corrected chi connectivity index (χ1v) is 9.18. The zero-order valence-electron chi connectivity index (χ0n) is 10.9. The first kappa shape index (κ1) is 16.5. The fraction of sp³-hybridized carbons (Fsp3) is 0.500. The summed E-state index contributed by atoms with van der Waals surface area (Å²) in [5.74, 6) is 0. The molecule has 1 saturated heterocycles. The second-order valence-electron chi connectivity index (χ2n) is 4.67. The van der Waals surface area contributed by atoms with E-state index >= 15 is 0 Å². The van der Waals surface area contributed by atoms with Crippen LogP contribution >= 0.6 is 39.1 Å². The van der Waals surface area contributed by atoms with Crippen LogP contribution in [0.1, 0.15) is 12.8 Å². The second kappa shape index (κ2) is 6.50. The molecule has 0 radical (unpaired) electrons. The molecule has 1 unspecified atom stereocenters. The Labute approximate surface area is 137 Å². The lowest BCUT2D eigenvalue weighted by Gasteiger charge is -2.24. The number of hydrogen-bond donors (Lipinski definition) is 1. The standard InChI is InChI=1S/C12H15BrCl2N2O2S/c1-16-7-9-3-2-4-17(9)20(18,19)12-10(14)5-8(13)6-11(12)15/h5-6,9,16H,2-4,7H2,1H3. The lowest BCUT2D eigenvalue weighted by Crippen LogP contribution is -2.40. The molecule has 1 aromatic carbocycles. The van der Waals surface area contributed by atoms with Crippen molar-refractivity contribution >= 4 is 49.2 Å².